The lowest BCUT2D eigenvalue weighted by atomic mass is 9.86. The van der Waals surface area contributed by atoms with Crippen LogP contribution in [-0.4, -0.2) is 24.0 Å². The van der Waals surface area contributed by atoms with Crippen molar-refractivity contribution in [1.29, 1.82) is 0 Å². The van der Waals surface area contributed by atoms with Gasteiger partial charge in [0.05, 0.1) is 17.1 Å². The summed E-state index contributed by atoms with van der Waals surface area (Å²) in [5.74, 6) is 0.377. The van der Waals surface area contributed by atoms with Gasteiger partial charge in [0.2, 0.25) is 0 Å². The fourth-order valence-corrected chi connectivity index (χ4v) is 4.85. The smallest absolute Gasteiger partial charge is 0.267 e. The molecule has 3 aromatic rings. The highest BCUT2D eigenvalue weighted by Crippen LogP contribution is 2.45. The minimum atomic E-state index is -0.173. The van der Waals surface area contributed by atoms with Gasteiger partial charge in [-0.25, -0.2) is 4.98 Å². The molecule has 0 saturated carbocycles. The molecule has 0 atom stereocenters. The molecule has 0 radical (unpaired) electrons. The Morgan fingerprint density at radius 2 is 2.00 bits per heavy atom. The Bertz CT molecular complexity index is 974. The van der Waals surface area contributed by atoms with Crippen LogP contribution in [0.5, 0.6) is 0 Å². The number of carbonyl (C=O) groups excluding carboxylic acids is 1. The molecule has 6 rings (SSSR count). The topological polar surface area (TPSA) is 71.2 Å². The van der Waals surface area contributed by atoms with E-state index in [2.05, 4.69) is 16.3 Å². The number of anilines is 3. The standard InChI is InChI=1S/C19H18N4OS/c20-15-13-10-14-16(11-6-8-23(14)9-7-11)22-19(13)25-17(15)18(24)21-12-4-2-1-3-5-12/h1-5,10-11H,6-9,20H2,(H,21,24). The van der Waals surface area contributed by atoms with Gasteiger partial charge in [0.25, 0.3) is 5.91 Å². The molecular formula is C19H18N4OS. The molecule has 0 unspecified atom stereocenters. The molecule has 5 heterocycles. The van der Waals surface area contributed by atoms with E-state index in [0.29, 0.717) is 16.5 Å². The Balaban J connectivity index is 1.56. The molecule has 3 N–H and O–H groups in total. The molecule has 0 spiro atoms. The highest BCUT2D eigenvalue weighted by atomic mass is 32.1. The predicted octanol–water partition coefficient (Wildman–Crippen LogP) is 3.83. The summed E-state index contributed by atoms with van der Waals surface area (Å²) in [4.78, 5) is 21.3. The van der Waals surface area contributed by atoms with Gasteiger partial charge in [0.15, 0.2) is 0 Å². The number of nitrogens with one attached hydrogen (secondary N) is 1. The van der Waals surface area contributed by atoms with Crippen LogP contribution in [0.4, 0.5) is 17.1 Å². The van der Waals surface area contributed by atoms with Gasteiger partial charge in [-0.05, 0) is 31.0 Å². The Morgan fingerprint density at radius 1 is 1.24 bits per heavy atom. The number of fused-ring (bicyclic) bond motifs is 3. The number of nitrogens with two attached hydrogens (primary N) is 1. The van der Waals surface area contributed by atoms with Crippen LogP contribution in [0.15, 0.2) is 36.4 Å². The summed E-state index contributed by atoms with van der Waals surface area (Å²) in [5, 5.41) is 3.81. The average Bonchev–Trinajstić information content (AvgIpc) is 2.98. The van der Waals surface area contributed by atoms with Crippen molar-refractivity contribution in [3.8, 4) is 0 Å². The van der Waals surface area contributed by atoms with Crippen LogP contribution in [0, 0.1) is 0 Å². The second kappa shape index (κ2) is 5.46. The number of hydrogen-bond donors (Lipinski definition) is 2. The number of rotatable bonds is 2. The molecule has 126 valence electrons. The first-order valence-corrected chi connectivity index (χ1v) is 9.36. The lowest BCUT2D eigenvalue weighted by Crippen LogP contribution is -2.39. The van der Waals surface area contributed by atoms with Gasteiger partial charge < -0.3 is 16.0 Å². The summed E-state index contributed by atoms with van der Waals surface area (Å²) in [6, 6.07) is 11.6. The summed E-state index contributed by atoms with van der Waals surface area (Å²) < 4.78 is 0. The summed E-state index contributed by atoms with van der Waals surface area (Å²) in [6.45, 7) is 2.19. The number of carbonyl (C=O) groups is 1. The van der Waals surface area contributed by atoms with Gasteiger partial charge in [-0.15, -0.1) is 11.3 Å². The number of piperidine rings is 1. The number of pyridine rings is 1. The molecule has 25 heavy (non-hydrogen) atoms. The third-order valence-corrected chi connectivity index (χ3v) is 6.30. The largest absolute Gasteiger partial charge is 0.397 e. The fraction of sp³-hybridized carbons (Fsp3) is 0.263. The van der Waals surface area contributed by atoms with Gasteiger partial charge in [-0.1, -0.05) is 18.2 Å². The summed E-state index contributed by atoms with van der Waals surface area (Å²) in [5.41, 5.74) is 10.00. The van der Waals surface area contributed by atoms with Crippen LogP contribution < -0.4 is 16.0 Å². The van der Waals surface area contributed by atoms with Crippen LogP contribution in [0.1, 0.15) is 34.1 Å². The van der Waals surface area contributed by atoms with E-state index in [9.17, 15) is 4.79 Å². The van der Waals surface area contributed by atoms with Gasteiger partial charge in [0, 0.05) is 30.1 Å². The molecule has 2 aromatic heterocycles. The summed E-state index contributed by atoms with van der Waals surface area (Å²) in [6.07, 6.45) is 2.35. The molecule has 1 saturated heterocycles. The van der Waals surface area contributed by atoms with E-state index < -0.39 is 0 Å². The molecule has 5 nitrogen and oxygen atoms in total. The Morgan fingerprint density at radius 3 is 2.76 bits per heavy atom. The Hall–Kier alpha value is -2.60. The second-order valence-corrected chi connectivity index (χ2v) is 7.67. The average molecular weight is 350 g/mol. The van der Waals surface area contributed by atoms with E-state index >= 15 is 0 Å². The van der Waals surface area contributed by atoms with Crippen molar-refractivity contribution < 1.29 is 4.79 Å². The van der Waals surface area contributed by atoms with Crippen molar-refractivity contribution in [3.63, 3.8) is 0 Å². The minimum Gasteiger partial charge on any atom is -0.397 e. The molecule has 1 amide bonds. The molecule has 0 aliphatic carbocycles. The zero-order valence-corrected chi connectivity index (χ0v) is 14.5. The number of nitrogen functional groups attached to an aromatic ring is 1. The quantitative estimate of drug-likeness (QED) is 0.737. The van der Waals surface area contributed by atoms with E-state index in [1.165, 1.54) is 35.6 Å². The zero-order chi connectivity index (χ0) is 17.0. The Labute approximate surface area is 149 Å². The van der Waals surface area contributed by atoms with E-state index in [-0.39, 0.29) is 5.91 Å². The molecular weight excluding hydrogens is 332 g/mol. The first kappa shape index (κ1) is 14.7. The number of nitrogens with zero attached hydrogens (tertiary/aromatic N) is 2. The predicted molar refractivity (Wildman–Crippen MR) is 103 cm³/mol. The van der Waals surface area contributed by atoms with Crippen LogP contribution >= 0.6 is 11.3 Å². The summed E-state index contributed by atoms with van der Waals surface area (Å²) >= 11 is 1.38. The number of thiophene rings is 1. The second-order valence-electron chi connectivity index (χ2n) is 6.67. The van der Waals surface area contributed by atoms with Crippen LogP contribution in [0.3, 0.4) is 0 Å². The lowest BCUT2D eigenvalue weighted by Gasteiger charge is -2.41. The molecule has 2 bridgehead atoms. The van der Waals surface area contributed by atoms with Crippen molar-refractivity contribution >= 4 is 44.5 Å². The molecule has 3 aliphatic heterocycles. The van der Waals surface area contributed by atoms with Crippen LogP contribution in [0.25, 0.3) is 10.2 Å². The van der Waals surface area contributed by atoms with E-state index in [1.54, 1.807) is 0 Å². The van der Waals surface area contributed by atoms with Crippen LogP contribution in [-0.2, 0) is 0 Å². The minimum absolute atomic E-state index is 0.173. The maximum Gasteiger partial charge on any atom is 0.267 e. The lowest BCUT2D eigenvalue weighted by molar-refractivity contribution is 0.103. The third kappa shape index (κ3) is 2.28. The first-order valence-electron chi connectivity index (χ1n) is 8.55. The van der Waals surface area contributed by atoms with E-state index in [0.717, 1.165) is 29.0 Å². The Kier molecular flexibility index (Phi) is 3.21. The number of hydrogen-bond acceptors (Lipinski definition) is 5. The molecule has 3 aliphatic rings. The number of amides is 1. The van der Waals surface area contributed by atoms with E-state index in [4.69, 9.17) is 10.7 Å². The molecule has 6 heteroatoms. The summed E-state index contributed by atoms with van der Waals surface area (Å²) in [7, 11) is 0. The number of para-hydroxylation sites is 1. The van der Waals surface area contributed by atoms with Crippen molar-refractivity contribution in [2.24, 2.45) is 0 Å². The van der Waals surface area contributed by atoms with Crippen molar-refractivity contribution in [2.45, 2.75) is 18.8 Å². The van der Waals surface area contributed by atoms with Gasteiger partial charge in [-0.3, -0.25) is 4.79 Å². The van der Waals surface area contributed by atoms with Crippen LogP contribution in [0.2, 0.25) is 0 Å². The maximum atomic E-state index is 12.6. The molecule has 1 aromatic carbocycles. The monoisotopic (exact) mass is 350 g/mol. The number of benzene rings is 1. The normalized spacial score (nSPS) is 16.2. The zero-order valence-electron chi connectivity index (χ0n) is 13.7. The van der Waals surface area contributed by atoms with E-state index in [1.807, 2.05) is 30.3 Å². The number of aromatic nitrogens is 1. The van der Waals surface area contributed by atoms with Crippen molar-refractivity contribution in [1.82, 2.24) is 4.98 Å². The maximum absolute atomic E-state index is 12.6. The van der Waals surface area contributed by atoms with Crippen molar-refractivity contribution in [2.75, 3.05) is 29.0 Å². The first-order chi connectivity index (χ1) is 12.2. The highest BCUT2D eigenvalue weighted by molar-refractivity contribution is 7.21. The highest BCUT2D eigenvalue weighted by Gasteiger charge is 2.33. The van der Waals surface area contributed by atoms with Gasteiger partial charge >= 0.3 is 0 Å². The van der Waals surface area contributed by atoms with Crippen molar-refractivity contribution in [3.05, 3.63) is 47.0 Å². The van der Waals surface area contributed by atoms with Gasteiger partial charge in [-0.2, -0.15) is 0 Å². The SMILES string of the molecule is Nc1c(C(=O)Nc2ccccc2)sc2nc3c(cc12)N1CCC3CC1. The van der Waals surface area contributed by atoms with Gasteiger partial charge in [0.1, 0.15) is 9.71 Å². The third-order valence-electron chi connectivity index (χ3n) is 5.19. The molecule has 1 fully saturated rings. The fourth-order valence-electron chi connectivity index (χ4n) is 3.87.